The molecule has 7 nitrogen and oxygen atoms in total. The van der Waals surface area contributed by atoms with Crippen molar-refractivity contribution in [3.05, 3.63) is 65.7 Å². The third kappa shape index (κ3) is 6.51. The standard InChI is InChI=1S/C20H18F4N4O3/c1-30-12-17-26-19(14-5-7-16(8-6-14)31-20(22,23)24)27-28(17)11-18(29)25-10-13-3-2-4-15(21)9-13/h2-9H,10-12H2,1H3,(H,25,29). The van der Waals surface area contributed by atoms with Crippen molar-refractivity contribution in [2.24, 2.45) is 0 Å². The summed E-state index contributed by atoms with van der Waals surface area (Å²) in [5.74, 6) is -0.587. The topological polar surface area (TPSA) is 78.3 Å². The SMILES string of the molecule is COCc1nc(-c2ccc(OC(F)(F)F)cc2)nn1CC(=O)NCc1cccc(F)c1. The molecule has 3 rings (SSSR count). The van der Waals surface area contributed by atoms with Crippen LogP contribution in [0.15, 0.2) is 48.5 Å². The van der Waals surface area contributed by atoms with Crippen LogP contribution in [0.4, 0.5) is 17.6 Å². The second-order valence-corrected chi connectivity index (χ2v) is 6.42. The van der Waals surface area contributed by atoms with E-state index in [1.54, 1.807) is 12.1 Å². The van der Waals surface area contributed by atoms with Crippen molar-refractivity contribution in [1.29, 1.82) is 0 Å². The van der Waals surface area contributed by atoms with Gasteiger partial charge in [-0.2, -0.15) is 5.10 Å². The molecular weight excluding hydrogens is 420 g/mol. The van der Waals surface area contributed by atoms with E-state index in [-0.39, 0.29) is 37.2 Å². The molecule has 0 bridgehead atoms. The smallest absolute Gasteiger partial charge is 0.406 e. The number of alkyl halides is 3. The van der Waals surface area contributed by atoms with E-state index >= 15 is 0 Å². The molecule has 0 unspecified atom stereocenters. The molecule has 2 aromatic carbocycles. The van der Waals surface area contributed by atoms with Crippen LogP contribution in [0.2, 0.25) is 0 Å². The molecular formula is C20H18F4N4O3. The number of rotatable bonds is 8. The summed E-state index contributed by atoms with van der Waals surface area (Å²) in [6, 6.07) is 10.9. The number of halogens is 4. The Morgan fingerprint density at radius 2 is 1.90 bits per heavy atom. The number of methoxy groups -OCH3 is 1. The van der Waals surface area contributed by atoms with Crippen molar-refractivity contribution in [3.8, 4) is 17.1 Å². The second kappa shape index (κ2) is 9.56. The van der Waals surface area contributed by atoms with E-state index < -0.39 is 12.2 Å². The highest BCUT2D eigenvalue weighted by atomic mass is 19.4. The lowest BCUT2D eigenvalue weighted by atomic mass is 10.2. The van der Waals surface area contributed by atoms with E-state index in [9.17, 15) is 22.4 Å². The van der Waals surface area contributed by atoms with Crippen molar-refractivity contribution >= 4 is 5.91 Å². The lowest BCUT2D eigenvalue weighted by Crippen LogP contribution is -2.28. The largest absolute Gasteiger partial charge is 0.573 e. The molecule has 31 heavy (non-hydrogen) atoms. The number of amides is 1. The Labute approximate surface area is 174 Å². The van der Waals surface area contributed by atoms with Gasteiger partial charge in [0, 0.05) is 19.2 Å². The Morgan fingerprint density at radius 3 is 2.55 bits per heavy atom. The number of ether oxygens (including phenoxy) is 2. The van der Waals surface area contributed by atoms with Gasteiger partial charge in [0.05, 0.1) is 0 Å². The van der Waals surface area contributed by atoms with Gasteiger partial charge in [0.15, 0.2) is 11.6 Å². The van der Waals surface area contributed by atoms with Gasteiger partial charge in [-0.25, -0.2) is 14.1 Å². The quantitative estimate of drug-likeness (QED) is 0.545. The highest BCUT2D eigenvalue weighted by Gasteiger charge is 2.31. The van der Waals surface area contributed by atoms with Crippen molar-refractivity contribution in [2.45, 2.75) is 26.1 Å². The minimum atomic E-state index is -4.79. The number of benzene rings is 2. The van der Waals surface area contributed by atoms with Crippen LogP contribution in [0.25, 0.3) is 11.4 Å². The van der Waals surface area contributed by atoms with Crippen molar-refractivity contribution in [1.82, 2.24) is 20.1 Å². The zero-order valence-corrected chi connectivity index (χ0v) is 16.3. The highest BCUT2D eigenvalue weighted by molar-refractivity contribution is 5.75. The Morgan fingerprint density at radius 1 is 1.16 bits per heavy atom. The molecule has 0 aliphatic rings. The van der Waals surface area contributed by atoms with Crippen molar-refractivity contribution in [3.63, 3.8) is 0 Å². The minimum absolute atomic E-state index is 0.0689. The molecule has 0 atom stereocenters. The van der Waals surface area contributed by atoms with E-state index in [0.717, 1.165) is 12.1 Å². The third-order valence-corrected chi connectivity index (χ3v) is 4.04. The number of nitrogens with zero attached hydrogens (tertiary/aromatic N) is 3. The molecule has 0 spiro atoms. The molecule has 0 aliphatic carbocycles. The average molecular weight is 438 g/mol. The summed E-state index contributed by atoms with van der Waals surface area (Å²) >= 11 is 0. The Balaban J connectivity index is 1.70. The molecule has 0 saturated heterocycles. The average Bonchev–Trinajstić information content (AvgIpc) is 3.08. The van der Waals surface area contributed by atoms with Crippen LogP contribution in [-0.2, 0) is 29.2 Å². The molecule has 0 aliphatic heterocycles. The molecule has 0 fully saturated rings. The molecule has 11 heteroatoms. The lowest BCUT2D eigenvalue weighted by molar-refractivity contribution is -0.274. The Kier molecular flexibility index (Phi) is 6.85. The van der Waals surface area contributed by atoms with Gasteiger partial charge in [0.1, 0.15) is 24.7 Å². The summed E-state index contributed by atoms with van der Waals surface area (Å²) in [7, 11) is 1.45. The normalized spacial score (nSPS) is 11.4. The number of carbonyl (C=O) groups is 1. The predicted octanol–water partition coefficient (Wildman–Crippen LogP) is 3.45. The third-order valence-electron chi connectivity index (χ3n) is 4.04. The minimum Gasteiger partial charge on any atom is -0.406 e. The molecule has 0 saturated carbocycles. The van der Waals surface area contributed by atoms with E-state index in [2.05, 4.69) is 20.1 Å². The number of hydrogen-bond donors (Lipinski definition) is 1. The van der Waals surface area contributed by atoms with Crippen LogP contribution in [0.1, 0.15) is 11.4 Å². The van der Waals surface area contributed by atoms with Crippen LogP contribution >= 0.6 is 0 Å². The number of hydrogen-bond acceptors (Lipinski definition) is 5. The van der Waals surface area contributed by atoms with Gasteiger partial charge in [-0.05, 0) is 42.0 Å². The number of nitrogens with one attached hydrogen (secondary N) is 1. The zero-order chi connectivity index (χ0) is 22.4. The van der Waals surface area contributed by atoms with E-state index in [0.29, 0.717) is 17.0 Å². The van der Waals surface area contributed by atoms with Crippen molar-refractivity contribution in [2.75, 3.05) is 7.11 Å². The first-order valence-electron chi connectivity index (χ1n) is 9.03. The van der Waals surface area contributed by atoms with Gasteiger partial charge in [0.25, 0.3) is 0 Å². The molecule has 3 aromatic rings. The predicted molar refractivity (Wildman–Crippen MR) is 101 cm³/mol. The fourth-order valence-electron chi connectivity index (χ4n) is 2.70. The molecule has 1 heterocycles. The van der Waals surface area contributed by atoms with Gasteiger partial charge >= 0.3 is 6.36 Å². The Hall–Kier alpha value is -3.47. The van der Waals surface area contributed by atoms with Crippen LogP contribution in [-0.4, -0.2) is 34.1 Å². The van der Waals surface area contributed by atoms with Crippen molar-refractivity contribution < 1.29 is 31.8 Å². The summed E-state index contributed by atoms with van der Waals surface area (Å²) in [5, 5.41) is 6.92. The molecule has 0 radical (unpaired) electrons. The van der Waals surface area contributed by atoms with Crippen LogP contribution < -0.4 is 10.1 Å². The summed E-state index contributed by atoms with van der Waals surface area (Å²) in [6.45, 7) is 0.0359. The molecule has 1 aromatic heterocycles. The first-order valence-corrected chi connectivity index (χ1v) is 9.03. The molecule has 164 valence electrons. The Bertz CT molecular complexity index is 1040. The van der Waals surface area contributed by atoms with Gasteiger partial charge < -0.3 is 14.8 Å². The summed E-state index contributed by atoms with van der Waals surface area (Å²) in [6.07, 6.45) is -4.79. The maximum atomic E-state index is 13.2. The van der Waals surface area contributed by atoms with Gasteiger partial charge in [-0.3, -0.25) is 4.79 Å². The summed E-state index contributed by atoms with van der Waals surface area (Å²) in [4.78, 5) is 16.6. The van der Waals surface area contributed by atoms with Crippen LogP contribution in [0.3, 0.4) is 0 Å². The summed E-state index contributed by atoms with van der Waals surface area (Å²) < 4.78 is 60.4. The fourth-order valence-corrected chi connectivity index (χ4v) is 2.70. The first-order chi connectivity index (χ1) is 14.7. The number of carbonyl (C=O) groups excluding carboxylic acids is 1. The summed E-state index contributed by atoms with van der Waals surface area (Å²) in [5.41, 5.74) is 1.04. The molecule has 1 N–H and O–H groups in total. The van der Waals surface area contributed by atoms with Gasteiger partial charge in [0.2, 0.25) is 5.91 Å². The van der Waals surface area contributed by atoms with Gasteiger partial charge in [-0.1, -0.05) is 12.1 Å². The van der Waals surface area contributed by atoms with Crippen LogP contribution in [0.5, 0.6) is 5.75 Å². The molecule has 1 amide bonds. The first kappa shape index (κ1) is 22.2. The second-order valence-electron chi connectivity index (χ2n) is 6.42. The van der Waals surface area contributed by atoms with E-state index in [1.165, 1.54) is 36.1 Å². The monoisotopic (exact) mass is 438 g/mol. The van der Waals surface area contributed by atoms with Gasteiger partial charge in [-0.15, -0.1) is 13.2 Å². The van der Waals surface area contributed by atoms with E-state index in [4.69, 9.17) is 4.74 Å². The fraction of sp³-hybridized carbons (Fsp3) is 0.250. The highest BCUT2D eigenvalue weighted by Crippen LogP contribution is 2.25. The maximum absolute atomic E-state index is 13.2. The lowest BCUT2D eigenvalue weighted by Gasteiger charge is -2.08. The number of aromatic nitrogens is 3. The maximum Gasteiger partial charge on any atom is 0.573 e. The zero-order valence-electron chi connectivity index (χ0n) is 16.3. The van der Waals surface area contributed by atoms with E-state index in [1.807, 2.05) is 0 Å². The van der Waals surface area contributed by atoms with Crippen LogP contribution in [0, 0.1) is 5.82 Å².